The summed E-state index contributed by atoms with van der Waals surface area (Å²) in [5.74, 6) is 2.18. The normalized spacial score (nSPS) is 27.6. The van der Waals surface area contributed by atoms with Crippen LogP contribution in [0.25, 0.3) is 0 Å². The number of rotatable bonds is 2. The zero-order valence-corrected chi connectivity index (χ0v) is 11.4. The topological polar surface area (TPSA) is 33.0 Å². The van der Waals surface area contributed by atoms with Gasteiger partial charge in [0.15, 0.2) is 0 Å². The van der Waals surface area contributed by atoms with Crippen molar-refractivity contribution in [3.63, 3.8) is 0 Å². The lowest BCUT2D eigenvalue weighted by atomic mass is 9.82. The first-order valence-electron chi connectivity index (χ1n) is 6.76. The van der Waals surface area contributed by atoms with Gasteiger partial charge in [0.1, 0.15) is 11.8 Å². The molecule has 0 spiro atoms. The van der Waals surface area contributed by atoms with Crippen molar-refractivity contribution in [3.05, 3.63) is 29.3 Å². The van der Waals surface area contributed by atoms with Crippen LogP contribution in [0.15, 0.2) is 18.2 Å². The van der Waals surface area contributed by atoms with Crippen LogP contribution in [0.3, 0.4) is 0 Å². The second-order valence-electron chi connectivity index (χ2n) is 5.77. The lowest BCUT2D eigenvalue weighted by molar-refractivity contribution is 0.101. The van der Waals surface area contributed by atoms with E-state index in [0.29, 0.717) is 5.56 Å². The average Bonchev–Trinajstić information content (AvgIpc) is 2.30. The van der Waals surface area contributed by atoms with Crippen molar-refractivity contribution >= 4 is 0 Å². The van der Waals surface area contributed by atoms with E-state index < -0.39 is 0 Å². The van der Waals surface area contributed by atoms with Gasteiger partial charge < -0.3 is 4.74 Å². The van der Waals surface area contributed by atoms with E-state index in [9.17, 15) is 0 Å². The molecule has 1 aliphatic carbocycles. The molecule has 2 atom stereocenters. The molecule has 0 amide bonds. The van der Waals surface area contributed by atoms with Gasteiger partial charge in [0.2, 0.25) is 0 Å². The van der Waals surface area contributed by atoms with Gasteiger partial charge in [-0.05, 0) is 55.7 Å². The molecule has 1 aromatic carbocycles. The number of benzene rings is 1. The Labute approximate surface area is 110 Å². The minimum absolute atomic E-state index is 0.263. The lowest BCUT2D eigenvalue weighted by Crippen LogP contribution is -2.28. The number of hydrogen-bond acceptors (Lipinski definition) is 2. The number of ether oxygens (including phenoxy) is 1. The molecule has 0 saturated heterocycles. The highest BCUT2D eigenvalue weighted by molar-refractivity contribution is 5.45. The quantitative estimate of drug-likeness (QED) is 0.784. The van der Waals surface area contributed by atoms with Crippen LogP contribution in [-0.4, -0.2) is 6.10 Å². The van der Waals surface area contributed by atoms with Crippen LogP contribution < -0.4 is 4.74 Å². The van der Waals surface area contributed by atoms with Gasteiger partial charge in [-0.2, -0.15) is 5.26 Å². The smallest absolute Gasteiger partial charge is 0.137 e. The van der Waals surface area contributed by atoms with Gasteiger partial charge >= 0.3 is 0 Å². The maximum absolute atomic E-state index is 9.15. The molecule has 2 rings (SSSR count). The first-order chi connectivity index (χ1) is 8.58. The van der Waals surface area contributed by atoms with E-state index >= 15 is 0 Å². The van der Waals surface area contributed by atoms with Crippen molar-refractivity contribution in [3.8, 4) is 11.8 Å². The van der Waals surface area contributed by atoms with E-state index in [1.807, 2.05) is 25.1 Å². The standard InChI is InChI=1S/C16H21NO/c1-11-4-5-16(14(7-11)10-17)18-15-8-12(2)6-13(3)9-15/h4-5,7,12-13,15H,6,8-9H2,1-3H3. The Morgan fingerprint density at radius 2 is 1.83 bits per heavy atom. The monoisotopic (exact) mass is 243 g/mol. The number of hydrogen-bond donors (Lipinski definition) is 0. The average molecular weight is 243 g/mol. The molecule has 0 aromatic heterocycles. The summed E-state index contributed by atoms with van der Waals surface area (Å²) in [7, 11) is 0. The highest BCUT2D eigenvalue weighted by Crippen LogP contribution is 2.32. The summed E-state index contributed by atoms with van der Waals surface area (Å²) in [6.45, 7) is 6.56. The molecule has 18 heavy (non-hydrogen) atoms. The first-order valence-corrected chi connectivity index (χ1v) is 6.76. The Morgan fingerprint density at radius 1 is 1.17 bits per heavy atom. The zero-order valence-electron chi connectivity index (χ0n) is 11.4. The predicted molar refractivity (Wildman–Crippen MR) is 72.5 cm³/mol. The van der Waals surface area contributed by atoms with Crippen molar-refractivity contribution in [2.45, 2.75) is 46.1 Å². The van der Waals surface area contributed by atoms with E-state index in [1.165, 1.54) is 6.42 Å². The second kappa shape index (κ2) is 5.44. The first kappa shape index (κ1) is 13.0. The van der Waals surface area contributed by atoms with Crippen LogP contribution in [0.1, 0.15) is 44.2 Å². The Bertz CT molecular complexity index is 451. The van der Waals surface area contributed by atoms with Gasteiger partial charge in [-0.3, -0.25) is 0 Å². The summed E-state index contributed by atoms with van der Waals surface area (Å²) in [4.78, 5) is 0. The maximum atomic E-state index is 9.15. The molecule has 1 saturated carbocycles. The van der Waals surface area contributed by atoms with Gasteiger partial charge in [-0.15, -0.1) is 0 Å². The SMILES string of the molecule is Cc1ccc(OC2CC(C)CC(C)C2)c(C#N)c1. The molecule has 96 valence electrons. The van der Waals surface area contributed by atoms with Gasteiger partial charge in [-0.25, -0.2) is 0 Å². The molecule has 0 radical (unpaired) electrons. The Kier molecular flexibility index (Phi) is 3.91. The van der Waals surface area contributed by atoms with Crippen LogP contribution in [0.5, 0.6) is 5.75 Å². The van der Waals surface area contributed by atoms with Crippen molar-refractivity contribution in [2.75, 3.05) is 0 Å². The van der Waals surface area contributed by atoms with Crippen LogP contribution >= 0.6 is 0 Å². The maximum Gasteiger partial charge on any atom is 0.137 e. The fourth-order valence-electron chi connectivity index (χ4n) is 2.98. The highest BCUT2D eigenvalue weighted by Gasteiger charge is 2.25. The number of nitrogens with zero attached hydrogens (tertiary/aromatic N) is 1. The molecule has 0 bridgehead atoms. The molecule has 1 aromatic rings. The third kappa shape index (κ3) is 3.04. The van der Waals surface area contributed by atoms with E-state index in [1.54, 1.807) is 0 Å². The van der Waals surface area contributed by atoms with Crippen molar-refractivity contribution in [1.82, 2.24) is 0 Å². The molecule has 2 unspecified atom stereocenters. The summed E-state index contributed by atoms with van der Waals surface area (Å²) in [6.07, 6.45) is 3.75. The third-order valence-corrected chi connectivity index (χ3v) is 3.68. The molecule has 1 aliphatic rings. The fourth-order valence-corrected chi connectivity index (χ4v) is 2.98. The largest absolute Gasteiger partial charge is 0.489 e. The molecular weight excluding hydrogens is 222 g/mol. The van der Waals surface area contributed by atoms with Crippen molar-refractivity contribution in [1.29, 1.82) is 5.26 Å². The molecule has 2 heteroatoms. The molecular formula is C16H21NO. The van der Waals surface area contributed by atoms with Crippen LogP contribution in [0.4, 0.5) is 0 Å². The summed E-state index contributed by atoms with van der Waals surface area (Å²) in [5.41, 5.74) is 1.75. The van der Waals surface area contributed by atoms with Gasteiger partial charge in [0.25, 0.3) is 0 Å². The molecule has 2 nitrogen and oxygen atoms in total. The van der Waals surface area contributed by atoms with Gasteiger partial charge in [-0.1, -0.05) is 19.9 Å². The van der Waals surface area contributed by atoms with Gasteiger partial charge in [0.05, 0.1) is 11.7 Å². The Balaban J connectivity index is 2.12. The molecule has 1 fully saturated rings. The summed E-state index contributed by atoms with van der Waals surface area (Å²) in [5, 5.41) is 9.15. The molecule has 0 aliphatic heterocycles. The minimum Gasteiger partial charge on any atom is -0.489 e. The van der Waals surface area contributed by atoms with Crippen LogP contribution in [-0.2, 0) is 0 Å². The van der Waals surface area contributed by atoms with E-state index in [4.69, 9.17) is 10.00 Å². The summed E-state index contributed by atoms with van der Waals surface area (Å²) in [6, 6.07) is 8.05. The minimum atomic E-state index is 0.263. The van der Waals surface area contributed by atoms with Crippen LogP contribution in [0, 0.1) is 30.1 Å². The van der Waals surface area contributed by atoms with Gasteiger partial charge in [0, 0.05) is 0 Å². The van der Waals surface area contributed by atoms with Crippen molar-refractivity contribution < 1.29 is 4.74 Å². The predicted octanol–water partition coefficient (Wildman–Crippen LogP) is 4.07. The summed E-state index contributed by atoms with van der Waals surface area (Å²) < 4.78 is 6.05. The molecule has 0 N–H and O–H groups in total. The fraction of sp³-hybridized carbons (Fsp3) is 0.562. The number of aryl methyl sites for hydroxylation is 1. The Hall–Kier alpha value is -1.49. The van der Waals surface area contributed by atoms with E-state index in [2.05, 4.69) is 19.9 Å². The van der Waals surface area contributed by atoms with E-state index in [0.717, 1.165) is 36.0 Å². The lowest BCUT2D eigenvalue weighted by Gasteiger charge is -2.31. The third-order valence-electron chi connectivity index (χ3n) is 3.68. The van der Waals surface area contributed by atoms with E-state index in [-0.39, 0.29) is 6.10 Å². The molecule has 0 heterocycles. The second-order valence-corrected chi connectivity index (χ2v) is 5.77. The Morgan fingerprint density at radius 3 is 2.44 bits per heavy atom. The zero-order chi connectivity index (χ0) is 13.1. The number of nitriles is 1. The summed E-state index contributed by atoms with van der Waals surface area (Å²) >= 11 is 0. The van der Waals surface area contributed by atoms with Crippen molar-refractivity contribution in [2.24, 2.45) is 11.8 Å². The highest BCUT2D eigenvalue weighted by atomic mass is 16.5. The van der Waals surface area contributed by atoms with Crippen LogP contribution in [0.2, 0.25) is 0 Å².